The van der Waals surface area contributed by atoms with Crippen LogP contribution in [0.15, 0.2) is 72.4 Å². The van der Waals surface area contributed by atoms with Gasteiger partial charge < -0.3 is 29.5 Å². The predicted octanol–water partition coefficient (Wildman–Crippen LogP) is 11.9. The Balaban J connectivity index is 1.02. The molecule has 0 radical (unpaired) electrons. The zero-order chi connectivity index (χ0) is 44.0. The van der Waals surface area contributed by atoms with Gasteiger partial charge >= 0.3 is 5.97 Å². The molecule has 14 unspecified atom stereocenters. The number of carbonyl (C=O) groups excluding carboxylic acids is 1. The summed E-state index contributed by atoms with van der Waals surface area (Å²) in [6.45, 7) is 16.8. The number of ether oxygens (including phenoxy) is 3. The number of carbonyl (C=O) groups is 1. The van der Waals surface area contributed by atoms with E-state index in [0.717, 1.165) is 99.7 Å². The molecule has 1 aliphatic heterocycles. The number of esters is 1. The molecular weight excluding hydrogens is 761 g/mol. The molecular formula is C54H86O7. The van der Waals surface area contributed by atoms with Crippen LogP contribution in [0.5, 0.6) is 0 Å². The molecule has 0 aromatic carbocycles. The van der Waals surface area contributed by atoms with Gasteiger partial charge in [-0.3, -0.25) is 4.79 Å². The minimum Gasteiger partial charge on any atom is -0.463 e. The molecule has 14 atom stereocenters. The molecule has 1 heterocycles. The zero-order valence-corrected chi connectivity index (χ0v) is 39.3. The fourth-order valence-corrected chi connectivity index (χ4v) is 12.1. The van der Waals surface area contributed by atoms with Gasteiger partial charge in [-0.15, -0.1) is 0 Å². The van der Waals surface area contributed by atoms with E-state index in [2.05, 4.69) is 115 Å². The first kappa shape index (κ1) is 49.7. The van der Waals surface area contributed by atoms with Crippen molar-refractivity contribution in [1.82, 2.24) is 0 Å². The van der Waals surface area contributed by atoms with Crippen LogP contribution in [0.3, 0.4) is 0 Å². The van der Waals surface area contributed by atoms with Gasteiger partial charge in [0, 0.05) is 6.42 Å². The summed E-state index contributed by atoms with van der Waals surface area (Å²) >= 11 is 0. The van der Waals surface area contributed by atoms with Crippen LogP contribution in [0, 0.1) is 52.3 Å². The molecule has 3 N–H and O–H groups in total. The van der Waals surface area contributed by atoms with E-state index in [9.17, 15) is 20.1 Å². The summed E-state index contributed by atoms with van der Waals surface area (Å²) in [5, 5.41) is 32.5. The van der Waals surface area contributed by atoms with Gasteiger partial charge in [0.1, 0.15) is 31.0 Å². The van der Waals surface area contributed by atoms with Gasteiger partial charge in [-0.05, 0) is 149 Å². The summed E-state index contributed by atoms with van der Waals surface area (Å²) < 4.78 is 18.0. The van der Waals surface area contributed by atoms with Crippen molar-refractivity contribution >= 4 is 5.97 Å². The van der Waals surface area contributed by atoms with Crippen LogP contribution in [0.2, 0.25) is 0 Å². The van der Waals surface area contributed by atoms with Crippen LogP contribution < -0.4 is 0 Å². The van der Waals surface area contributed by atoms with Crippen LogP contribution in [0.4, 0.5) is 0 Å². The highest BCUT2D eigenvalue weighted by molar-refractivity contribution is 5.69. The van der Waals surface area contributed by atoms with Crippen molar-refractivity contribution in [3.63, 3.8) is 0 Å². The third kappa shape index (κ3) is 13.1. The molecule has 344 valence electrons. The molecule has 0 amide bonds. The lowest BCUT2D eigenvalue weighted by molar-refractivity contribution is -0.313. The smallest absolute Gasteiger partial charge is 0.305 e. The fraction of sp³-hybridized carbons (Fsp3) is 0.759. The Morgan fingerprint density at radius 3 is 2.11 bits per heavy atom. The van der Waals surface area contributed by atoms with E-state index in [1.54, 1.807) is 0 Å². The molecule has 5 aliphatic rings. The summed E-state index contributed by atoms with van der Waals surface area (Å²) in [6.07, 6.45) is 36.1. The second-order valence-corrected chi connectivity index (χ2v) is 20.6. The molecule has 7 nitrogen and oxygen atoms in total. The van der Waals surface area contributed by atoms with E-state index in [1.165, 1.54) is 44.1 Å². The number of hydrogen-bond acceptors (Lipinski definition) is 7. The summed E-state index contributed by atoms with van der Waals surface area (Å²) in [5.74, 6) is 5.05. The highest BCUT2D eigenvalue weighted by Gasteiger charge is 2.59. The third-order valence-electron chi connectivity index (χ3n) is 16.3. The minimum atomic E-state index is -1.46. The topological polar surface area (TPSA) is 105 Å². The van der Waals surface area contributed by atoms with Gasteiger partial charge in [0.2, 0.25) is 0 Å². The van der Waals surface area contributed by atoms with Crippen molar-refractivity contribution in [3.05, 3.63) is 72.4 Å². The van der Waals surface area contributed by atoms with E-state index in [1.807, 2.05) is 0 Å². The van der Waals surface area contributed by atoms with Crippen molar-refractivity contribution in [2.45, 2.75) is 201 Å². The van der Waals surface area contributed by atoms with Crippen LogP contribution in [0.1, 0.15) is 164 Å². The SMILES string of the molecule is CC/C=C\C/C=C\C/C=C\C/C=C\C/C=C\CCCC(=O)OCC1OC(OC2CCC3(C)C(=CCC4C3CCC3(C)C(C(C)CCC(C)C(C)C)CCC43)C2)C(O)C(O)C1O. The van der Waals surface area contributed by atoms with Crippen molar-refractivity contribution in [1.29, 1.82) is 0 Å². The van der Waals surface area contributed by atoms with E-state index < -0.39 is 30.7 Å². The number of unbranched alkanes of at least 4 members (excludes halogenated alkanes) is 1. The lowest BCUT2D eigenvalue weighted by atomic mass is 9.47. The predicted molar refractivity (Wildman–Crippen MR) is 248 cm³/mol. The lowest BCUT2D eigenvalue weighted by Crippen LogP contribution is -2.60. The summed E-state index contributed by atoms with van der Waals surface area (Å²) in [4.78, 5) is 12.6. The Bertz CT molecular complexity index is 1520. The molecule has 61 heavy (non-hydrogen) atoms. The van der Waals surface area contributed by atoms with E-state index in [0.29, 0.717) is 17.8 Å². The molecule has 0 aromatic heterocycles. The monoisotopic (exact) mass is 847 g/mol. The second-order valence-electron chi connectivity index (χ2n) is 20.6. The average Bonchev–Trinajstić information content (AvgIpc) is 3.60. The number of aliphatic hydroxyl groups is 3. The van der Waals surface area contributed by atoms with Gasteiger partial charge in [0.25, 0.3) is 0 Å². The molecule has 7 heteroatoms. The summed E-state index contributed by atoms with van der Waals surface area (Å²) in [7, 11) is 0. The van der Waals surface area contributed by atoms with Crippen molar-refractivity contribution < 1.29 is 34.3 Å². The first-order chi connectivity index (χ1) is 29.3. The first-order valence-electron chi connectivity index (χ1n) is 24.7. The van der Waals surface area contributed by atoms with Gasteiger partial charge in [-0.1, -0.05) is 134 Å². The molecule has 0 bridgehead atoms. The molecule has 4 aliphatic carbocycles. The van der Waals surface area contributed by atoms with Gasteiger partial charge in [-0.25, -0.2) is 0 Å². The van der Waals surface area contributed by atoms with Crippen LogP contribution in [-0.2, 0) is 19.0 Å². The molecule has 4 fully saturated rings. The maximum absolute atomic E-state index is 12.6. The van der Waals surface area contributed by atoms with E-state index in [4.69, 9.17) is 14.2 Å². The first-order valence-corrected chi connectivity index (χ1v) is 24.7. The number of fused-ring (bicyclic) bond motifs is 5. The second kappa shape index (κ2) is 24.1. The number of hydrogen-bond donors (Lipinski definition) is 3. The Morgan fingerprint density at radius 1 is 0.803 bits per heavy atom. The van der Waals surface area contributed by atoms with Gasteiger partial charge in [0.15, 0.2) is 6.29 Å². The highest BCUT2D eigenvalue weighted by Crippen LogP contribution is 2.67. The fourth-order valence-electron chi connectivity index (χ4n) is 12.1. The minimum absolute atomic E-state index is 0.157. The standard InChI is InChI=1S/C54H86O7/c1-8-9-10-11-12-13-14-15-16-17-18-19-20-21-22-23-24-25-48(55)59-37-47-49(56)50(57)51(58)52(61-47)60-42-32-34-53(6)41(36-42)28-29-43-45-31-30-44(54(45,7)35-33-46(43)53)40(5)27-26-39(4)38(2)3/h9-10,12-13,15-16,18-19,21-22,28,38-40,42-47,49-52,56-58H,8,11,14,17,20,23-27,29-37H2,1-7H3/b10-9-,13-12-,16-15-,19-18-,22-21-. The highest BCUT2D eigenvalue weighted by atomic mass is 16.7. The average molecular weight is 847 g/mol. The lowest BCUT2D eigenvalue weighted by Gasteiger charge is -2.58. The number of rotatable bonds is 22. The maximum atomic E-state index is 12.6. The van der Waals surface area contributed by atoms with Gasteiger partial charge in [-0.2, -0.15) is 0 Å². The maximum Gasteiger partial charge on any atom is 0.305 e. The molecule has 3 saturated carbocycles. The third-order valence-corrected chi connectivity index (χ3v) is 16.3. The van der Waals surface area contributed by atoms with Crippen molar-refractivity contribution in [2.24, 2.45) is 52.3 Å². The summed E-state index contributed by atoms with van der Waals surface area (Å²) in [5.41, 5.74) is 2.10. The van der Waals surface area contributed by atoms with Crippen LogP contribution >= 0.6 is 0 Å². The Morgan fingerprint density at radius 2 is 1.46 bits per heavy atom. The molecule has 5 rings (SSSR count). The van der Waals surface area contributed by atoms with Crippen LogP contribution in [-0.4, -0.2) is 64.7 Å². The summed E-state index contributed by atoms with van der Waals surface area (Å²) in [6, 6.07) is 0. The Hall–Kier alpha value is -2.29. The number of allylic oxidation sites excluding steroid dienone is 11. The largest absolute Gasteiger partial charge is 0.463 e. The zero-order valence-electron chi connectivity index (χ0n) is 39.3. The molecule has 0 aromatic rings. The normalized spacial score (nSPS) is 36.5. The van der Waals surface area contributed by atoms with E-state index in [-0.39, 0.29) is 30.5 Å². The van der Waals surface area contributed by atoms with E-state index >= 15 is 0 Å². The Kier molecular flexibility index (Phi) is 19.7. The van der Waals surface area contributed by atoms with Crippen LogP contribution in [0.25, 0.3) is 0 Å². The number of aliphatic hydroxyl groups excluding tert-OH is 3. The molecule has 0 spiro atoms. The van der Waals surface area contributed by atoms with Gasteiger partial charge in [0.05, 0.1) is 6.10 Å². The quantitative estimate of drug-likeness (QED) is 0.0566. The van der Waals surface area contributed by atoms with Crippen molar-refractivity contribution in [2.75, 3.05) is 6.61 Å². The van der Waals surface area contributed by atoms with Crippen molar-refractivity contribution in [3.8, 4) is 0 Å². The molecule has 1 saturated heterocycles. The Labute approximate surface area is 371 Å².